The van der Waals surface area contributed by atoms with Gasteiger partial charge in [0.2, 0.25) is 11.8 Å². The summed E-state index contributed by atoms with van der Waals surface area (Å²) in [6, 6.07) is 0. The first kappa shape index (κ1) is 17.4. The van der Waals surface area contributed by atoms with Crippen LogP contribution in [0.25, 0.3) is 0 Å². The lowest BCUT2D eigenvalue weighted by Gasteiger charge is -2.31. The number of hydrogen-bond acceptors (Lipinski definition) is 4. The Morgan fingerprint density at radius 3 is 2.75 bits per heavy atom. The highest BCUT2D eigenvalue weighted by Crippen LogP contribution is 2.27. The molecule has 0 unspecified atom stereocenters. The Kier molecular flexibility index (Phi) is 4.95. The van der Waals surface area contributed by atoms with E-state index in [0.29, 0.717) is 19.5 Å². The molecule has 1 aromatic heterocycles. The van der Waals surface area contributed by atoms with Crippen LogP contribution in [0.4, 0.5) is 0 Å². The third-order valence-electron chi connectivity index (χ3n) is 4.83. The number of nitrogens with zero attached hydrogens (tertiary/aromatic N) is 2. The Morgan fingerprint density at radius 1 is 1.33 bits per heavy atom. The summed E-state index contributed by atoms with van der Waals surface area (Å²) >= 11 is 1.80. The second-order valence-electron chi connectivity index (χ2n) is 7.80. The van der Waals surface area contributed by atoms with Gasteiger partial charge < -0.3 is 10.2 Å². The van der Waals surface area contributed by atoms with Crippen molar-refractivity contribution in [2.45, 2.75) is 64.8 Å². The van der Waals surface area contributed by atoms with Crippen molar-refractivity contribution in [2.24, 2.45) is 5.92 Å². The van der Waals surface area contributed by atoms with Crippen molar-refractivity contribution in [1.82, 2.24) is 15.2 Å². The highest BCUT2D eigenvalue weighted by atomic mass is 32.1. The second-order valence-corrected chi connectivity index (χ2v) is 8.97. The van der Waals surface area contributed by atoms with Crippen LogP contribution in [0.2, 0.25) is 0 Å². The van der Waals surface area contributed by atoms with Gasteiger partial charge in [-0.1, -0.05) is 0 Å². The smallest absolute Gasteiger partial charge is 0.225 e. The molecule has 2 heterocycles. The molecule has 0 saturated carbocycles. The van der Waals surface area contributed by atoms with E-state index in [1.54, 1.807) is 11.3 Å². The number of carbonyl (C=O) groups is 2. The molecule has 1 atom stereocenters. The molecule has 3 rings (SSSR count). The molecule has 0 aromatic carbocycles. The van der Waals surface area contributed by atoms with Gasteiger partial charge in [-0.25, -0.2) is 4.98 Å². The maximum atomic E-state index is 12.3. The van der Waals surface area contributed by atoms with Crippen molar-refractivity contribution in [2.75, 3.05) is 13.1 Å². The average Bonchev–Trinajstić information content (AvgIpc) is 3.09. The van der Waals surface area contributed by atoms with Crippen LogP contribution in [0.5, 0.6) is 0 Å². The molecule has 1 aliphatic heterocycles. The number of thiazole rings is 1. The fraction of sp³-hybridized carbons (Fsp3) is 0.722. The predicted molar refractivity (Wildman–Crippen MR) is 95.0 cm³/mol. The highest BCUT2D eigenvalue weighted by molar-refractivity contribution is 7.11. The molecule has 2 amide bonds. The number of hydrogen-bond donors (Lipinski definition) is 1. The van der Waals surface area contributed by atoms with Crippen LogP contribution in [0.1, 0.15) is 55.6 Å². The van der Waals surface area contributed by atoms with Gasteiger partial charge in [-0.3, -0.25) is 9.59 Å². The lowest BCUT2D eigenvalue weighted by atomic mass is 10.0. The molecule has 1 fully saturated rings. The number of aromatic nitrogens is 1. The van der Waals surface area contributed by atoms with E-state index in [-0.39, 0.29) is 23.3 Å². The minimum absolute atomic E-state index is 0.00332. The number of amides is 2. The first-order chi connectivity index (χ1) is 11.3. The van der Waals surface area contributed by atoms with Gasteiger partial charge in [0, 0.05) is 36.3 Å². The molecule has 1 saturated heterocycles. The summed E-state index contributed by atoms with van der Waals surface area (Å²) in [5.41, 5.74) is 1.06. The SMILES string of the molecule is CC(C)(C)N1C[C@@H](C(=O)NCCc2nc3c(s2)CCCC3)CC1=O. The summed E-state index contributed by atoms with van der Waals surface area (Å²) in [5.74, 6) is -0.145. The van der Waals surface area contributed by atoms with E-state index in [1.807, 2.05) is 25.7 Å². The van der Waals surface area contributed by atoms with Gasteiger partial charge in [-0.05, 0) is 46.5 Å². The summed E-state index contributed by atoms with van der Waals surface area (Å²) in [6.07, 6.45) is 5.89. The Labute approximate surface area is 147 Å². The lowest BCUT2D eigenvalue weighted by Crippen LogP contribution is -2.43. The van der Waals surface area contributed by atoms with Gasteiger partial charge in [0.1, 0.15) is 0 Å². The Hall–Kier alpha value is -1.43. The van der Waals surface area contributed by atoms with Crippen LogP contribution >= 0.6 is 11.3 Å². The van der Waals surface area contributed by atoms with Gasteiger partial charge >= 0.3 is 0 Å². The number of nitrogens with one attached hydrogen (secondary N) is 1. The molecule has 1 aromatic rings. The van der Waals surface area contributed by atoms with E-state index in [9.17, 15) is 9.59 Å². The fourth-order valence-corrected chi connectivity index (χ4v) is 4.64. The van der Waals surface area contributed by atoms with E-state index in [0.717, 1.165) is 24.3 Å². The minimum atomic E-state index is -0.221. The summed E-state index contributed by atoms with van der Waals surface area (Å²) in [5, 5.41) is 4.12. The van der Waals surface area contributed by atoms with Crippen LogP contribution in [0.3, 0.4) is 0 Å². The van der Waals surface area contributed by atoms with Crippen LogP contribution in [0, 0.1) is 5.92 Å². The van der Waals surface area contributed by atoms with E-state index < -0.39 is 0 Å². The van der Waals surface area contributed by atoms with Crippen LogP contribution in [-0.4, -0.2) is 40.3 Å². The van der Waals surface area contributed by atoms with Crippen LogP contribution < -0.4 is 5.32 Å². The first-order valence-corrected chi connectivity index (χ1v) is 9.72. The van der Waals surface area contributed by atoms with Gasteiger partial charge in [0.15, 0.2) is 0 Å². The number of aryl methyl sites for hydroxylation is 2. The van der Waals surface area contributed by atoms with Crippen molar-refractivity contribution < 1.29 is 9.59 Å². The average molecular weight is 350 g/mol. The van der Waals surface area contributed by atoms with Crippen LogP contribution in [0.15, 0.2) is 0 Å². The normalized spacial score (nSPS) is 21.0. The number of carbonyl (C=O) groups excluding carboxylic acids is 2. The van der Waals surface area contributed by atoms with Crippen LogP contribution in [-0.2, 0) is 28.9 Å². The molecule has 2 aliphatic rings. The third kappa shape index (κ3) is 3.79. The lowest BCUT2D eigenvalue weighted by molar-refractivity contribution is -0.132. The molecule has 0 bridgehead atoms. The predicted octanol–water partition coefficient (Wildman–Crippen LogP) is 2.33. The maximum Gasteiger partial charge on any atom is 0.225 e. The van der Waals surface area contributed by atoms with E-state index in [1.165, 1.54) is 23.4 Å². The molecule has 5 nitrogen and oxygen atoms in total. The van der Waals surface area contributed by atoms with E-state index in [2.05, 4.69) is 5.32 Å². The maximum absolute atomic E-state index is 12.3. The van der Waals surface area contributed by atoms with E-state index >= 15 is 0 Å². The van der Waals surface area contributed by atoms with E-state index in [4.69, 9.17) is 4.98 Å². The molecule has 0 radical (unpaired) electrons. The number of fused-ring (bicyclic) bond motifs is 1. The third-order valence-corrected chi connectivity index (χ3v) is 6.05. The summed E-state index contributed by atoms with van der Waals surface area (Å²) in [4.78, 5) is 32.4. The zero-order valence-electron chi connectivity index (χ0n) is 14.9. The molecule has 132 valence electrons. The Bertz CT molecular complexity index is 609. The van der Waals surface area contributed by atoms with Crippen molar-refractivity contribution in [3.8, 4) is 0 Å². The quantitative estimate of drug-likeness (QED) is 0.907. The molecule has 6 heteroatoms. The van der Waals surface area contributed by atoms with Crippen molar-refractivity contribution in [3.63, 3.8) is 0 Å². The number of rotatable bonds is 4. The second kappa shape index (κ2) is 6.82. The molecular weight excluding hydrogens is 322 g/mol. The molecule has 24 heavy (non-hydrogen) atoms. The number of likely N-dealkylation sites (tertiary alicyclic amines) is 1. The monoisotopic (exact) mass is 349 g/mol. The molecular formula is C18H27N3O2S. The van der Waals surface area contributed by atoms with Crippen molar-refractivity contribution >= 4 is 23.2 Å². The topological polar surface area (TPSA) is 62.3 Å². The van der Waals surface area contributed by atoms with Gasteiger partial charge in [-0.2, -0.15) is 0 Å². The zero-order chi connectivity index (χ0) is 17.3. The minimum Gasteiger partial charge on any atom is -0.355 e. The standard InChI is InChI=1S/C18H27N3O2S/c1-18(2,3)21-11-12(10-16(21)22)17(23)19-9-8-15-20-13-6-4-5-7-14(13)24-15/h12H,4-11H2,1-3H3,(H,19,23)/t12-/m0/s1. The fourth-order valence-electron chi connectivity index (χ4n) is 3.48. The van der Waals surface area contributed by atoms with Gasteiger partial charge in [0.05, 0.1) is 16.6 Å². The Morgan fingerprint density at radius 2 is 2.08 bits per heavy atom. The zero-order valence-corrected chi connectivity index (χ0v) is 15.7. The highest BCUT2D eigenvalue weighted by Gasteiger charge is 2.39. The van der Waals surface area contributed by atoms with Gasteiger partial charge in [0.25, 0.3) is 0 Å². The molecule has 0 spiro atoms. The van der Waals surface area contributed by atoms with Crippen molar-refractivity contribution in [1.29, 1.82) is 0 Å². The summed E-state index contributed by atoms with van der Waals surface area (Å²) in [6.45, 7) is 7.16. The molecule has 1 N–H and O–H groups in total. The van der Waals surface area contributed by atoms with Crippen molar-refractivity contribution in [3.05, 3.63) is 15.6 Å². The molecule has 1 aliphatic carbocycles. The summed E-state index contributed by atoms with van der Waals surface area (Å²) < 4.78 is 0. The Balaban J connectivity index is 1.48. The first-order valence-electron chi connectivity index (χ1n) is 8.90. The van der Waals surface area contributed by atoms with Gasteiger partial charge in [-0.15, -0.1) is 11.3 Å². The largest absolute Gasteiger partial charge is 0.355 e. The summed E-state index contributed by atoms with van der Waals surface area (Å²) in [7, 11) is 0.